The predicted molar refractivity (Wildman–Crippen MR) is 78.5 cm³/mol. The lowest BCUT2D eigenvalue weighted by atomic mass is 10.1. The first-order valence-corrected chi connectivity index (χ1v) is 7.78. The largest absolute Gasteiger partial charge is 0.383 e. The van der Waals surface area contributed by atoms with Crippen molar-refractivity contribution in [3.8, 4) is 0 Å². The van der Waals surface area contributed by atoms with Crippen LogP contribution in [0.3, 0.4) is 0 Å². The highest BCUT2D eigenvalue weighted by Crippen LogP contribution is 2.34. The highest BCUT2D eigenvalue weighted by atomic mass is 32.2. The Hall–Kier alpha value is -0.710. The van der Waals surface area contributed by atoms with Gasteiger partial charge in [0.25, 0.3) is 0 Å². The van der Waals surface area contributed by atoms with Gasteiger partial charge >= 0.3 is 0 Å². The van der Waals surface area contributed by atoms with Gasteiger partial charge in [-0.25, -0.2) is 0 Å². The molecule has 3 nitrogen and oxygen atoms in total. The molecular weight excluding hydrogens is 242 g/mol. The zero-order valence-corrected chi connectivity index (χ0v) is 11.7. The third-order valence-corrected chi connectivity index (χ3v) is 4.94. The highest BCUT2D eigenvalue weighted by Gasteiger charge is 2.19. The number of piperazine rings is 1. The summed E-state index contributed by atoms with van der Waals surface area (Å²) in [4.78, 5) is 3.96. The molecule has 2 heterocycles. The Morgan fingerprint density at radius 2 is 2.06 bits per heavy atom. The van der Waals surface area contributed by atoms with E-state index in [1.54, 1.807) is 0 Å². The van der Waals surface area contributed by atoms with E-state index in [1.165, 1.54) is 21.9 Å². The number of fused-ring (bicyclic) bond motifs is 1. The van der Waals surface area contributed by atoms with Gasteiger partial charge < -0.3 is 10.6 Å². The number of benzene rings is 1. The molecule has 0 aromatic heterocycles. The first kappa shape index (κ1) is 12.3. The maximum atomic E-state index is 3.51. The van der Waals surface area contributed by atoms with Crippen LogP contribution in [0.25, 0.3) is 0 Å². The van der Waals surface area contributed by atoms with Crippen LogP contribution in [-0.4, -0.2) is 43.4 Å². The molecule has 4 heteroatoms. The van der Waals surface area contributed by atoms with Crippen molar-refractivity contribution in [3.05, 3.63) is 23.8 Å². The number of rotatable bonds is 2. The smallest absolute Gasteiger partial charge is 0.0482 e. The lowest BCUT2D eigenvalue weighted by Gasteiger charge is -2.33. The molecule has 0 saturated carbocycles. The second-order valence-corrected chi connectivity index (χ2v) is 6.13. The quantitative estimate of drug-likeness (QED) is 0.855. The molecule has 1 unspecified atom stereocenters. The molecule has 18 heavy (non-hydrogen) atoms. The van der Waals surface area contributed by atoms with Gasteiger partial charge in [-0.15, -0.1) is 11.8 Å². The molecule has 2 N–H and O–H groups in total. The van der Waals surface area contributed by atoms with Crippen LogP contribution in [0.5, 0.6) is 0 Å². The van der Waals surface area contributed by atoms with E-state index >= 15 is 0 Å². The minimum absolute atomic E-state index is 0.520. The molecule has 1 atom stereocenters. The molecule has 98 valence electrons. The lowest BCUT2D eigenvalue weighted by molar-refractivity contribution is 0.185. The first-order chi connectivity index (χ1) is 8.84. The van der Waals surface area contributed by atoms with Crippen molar-refractivity contribution in [2.75, 3.05) is 43.8 Å². The van der Waals surface area contributed by atoms with Crippen molar-refractivity contribution in [3.63, 3.8) is 0 Å². The summed E-state index contributed by atoms with van der Waals surface area (Å²) < 4.78 is 0. The number of hydrogen-bond acceptors (Lipinski definition) is 4. The van der Waals surface area contributed by atoms with E-state index in [4.69, 9.17) is 0 Å². The summed E-state index contributed by atoms with van der Waals surface area (Å²) in [5.74, 6) is 1.18. The third-order valence-electron chi connectivity index (χ3n) is 3.86. The van der Waals surface area contributed by atoms with Crippen LogP contribution in [0.2, 0.25) is 0 Å². The van der Waals surface area contributed by atoms with Gasteiger partial charge in [0.2, 0.25) is 0 Å². The van der Waals surface area contributed by atoms with E-state index < -0.39 is 0 Å². The third kappa shape index (κ3) is 2.51. The Bertz CT molecular complexity index is 416. The van der Waals surface area contributed by atoms with Crippen LogP contribution in [0.15, 0.2) is 23.1 Å². The van der Waals surface area contributed by atoms with Gasteiger partial charge in [-0.2, -0.15) is 0 Å². The van der Waals surface area contributed by atoms with Crippen LogP contribution in [0.4, 0.5) is 5.69 Å². The molecule has 0 radical (unpaired) electrons. The van der Waals surface area contributed by atoms with Gasteiger partial charge in [0.1, 0.15) is 0 Å². The maximum Gasteiger partial charge on any atom is 0.0482 e. The Balaban J connectivity index is 1.78. The number of nitrogens with one attached hydrogen (secondary N) is 2. The zero-order chi connectivity index (χ0) is 12.4. The molecule has 3 rings (SSSR count). The molecular formula is C14H21N3S. The molecule has 0 bridgehead atoms. The Labute approximate surface area is 113 Å². The van der Waals surface area contributed by atoms with Crippen LogP contribution < -0.4 is 10.6 Å². The second-order valence-electron chi connectivity index (χ2n) is 4.99. The van der Waals surface area contributed by atoms with Crippen molar-refractivity contribution in [1.29, 1.82) is 0 Å². The number of thioether (sulfide) groups is 1. The molecule has 2 aliphatic rings. The fraction of sp³-hybridized carbons (Fsp3) is 0.571. The Kier molecular flexibility index (Phi) is 3.77. The second kappa shape index (κ2) is 5.51. The van der Waals surface area contributed by atoms with E-state index in [0.29, 0.717) is 6.04 Å². The molecule has 1 saturated heterocycles. The molecule has 2 aliphatic heterocycles. The van der Waals surface area contributed by atoms with E-state index in [2.05, 4.69) is 40.7 Å². The lowest BCUT2D eigenvalue weighted by Crippen LogP contribution is -2.44. The van der Waals surface area contributed by atoms with Crippen molar-refractivity contribution in [2.24, 2.45) is 0 Å². The fourth-order valence-corrected chi connectivity index (χ4v) is 3.57. The molecule has 0 aliphatic carbocycles. The van der Waals surface area contributed by atoms with Crippen molar-refractivity contribution in [2.45, 2.75) is 17.9 Å². The minimum Gasteiger partial charge on any atom is -0.383 e. The van der Waals surface area contributed by atoms with E-state index in [9.17, 15) is 0 Å². The molecule has 0 amide bonds. The van der Waals surface area contributed by atoms with Crippen LogP contribution >= 0.6 is 11.8 Å². The minimum atomic E-state index is 0.520. The van der Waals surface area contributed by atoms with Gasteiger partial charge in [-0.1, -0.05) is 6.07 Å². The topological polar surface area (TPSA) is 27.3 Å². The van der Waals surface area contributed by atoms with Gasteiger partial charge in [0.15, 0.2) is 0 Å². The average Bonchev–Trinajstić information content (AvgIpc) is 2.47. The van der Waals surface area contributed by atoms with Gasteiger partial charge in [0, 0.05) is 55.1 Å². The first-order valence-electron chi connectivity index (χ1n) is 6.80. The summed E-state index contributed by atoms with van der Waals surface area (Å²) in [6, 6.07) is 7.44. The summed E-state index contributed by atoms with van der Waals surface area (Å²) in [6.45, 7) is 7.94. The number of anilines is 1. The number of nitrogens with zero attached hydrogens (tertiary/aromatic N) is 1. The van der Waals surface area contributed by atoms with Crippen molar-refractivity contribution >= 4 is 17.4 Å². The number of hydrogen-bond donors (Lipinski definition) is 2. The Morgan fingerprint density at radius 1 is 1.22 bits per heavy atom. The SMILES string of the molecule is CC(c1ccc2c(c1)NCCS2)N1CCNCC1. The summed E-state index contributed by atoms with van der Waals surface area (Å²) in [6.07, 6.45) is 0. The average molecular weight is 263 g/mol. The monoisotopic (exact) mass is 263 g/mol. The molecule has 0 spiro atoms. The predicted octanol–water partition coefficient (Wildman–Crippen LogP) is 2.17. The summed E-state index contributed by atoms with van der Waals surface area (Å²) in [5, 5.41) is 6.92. The van der Waals surface area contributed by atoms with E-state index in [0.717, 1.165) is 32.7 Å². The van der Waals surface area contributed by atoms with Gasteiger partial charge in [-0.3, -0.25) is 4.90 Å². The molecule has 1 aromatic rings. The molecule has 1 fully saturated rings. The molecule has 1 aromatic carbocycles. The van der Waals surface area contributed by atoms with Crippen LogP contribution in [-0.2, 0) is 0 Å². The fourth-order valence-electron chi connectivity index (χ4n) is 2.70. The van der Waals surface area contributed by atoms with E-state index in [-0.39, 0.29) is 0 Å². The standard InChI is InChI=1S/C14H21N3S/c1-11(17-7-4-15-5-8-17)12-2-3-14-13(10-12)16-6-9-18-14/h2-3,10-11,15-16H,4-9H2,1H3. The van der Waals surface area contributed by atoms with Crippen molar-refractivity contribution < 1.29 is 0 Å². The summed E-state index contributed by atoms with van der Waals surface area (Å²) in [5.41, 5.74) is 2.76. The van der Waals surface area contributed by atoms with Crippen LogP contribution in [0.1, 0.15) is 18.5 Å². The zero-order valence-electron chi connectivity index (χ0n) is 10.9. The van der Waals surface area contributed by atoms with Crippen LogP contribution in [0, 0.1) is 0 Å². The van der Waals surface area contributed by atoms with Gasteiger partial charge in [0.05, 0.1) is 0 Å². The van der Waals surface area contributed by atoms with Crippen molar-refractivity contribution in [1.82, 2.24) is 10.2 Å². The Morgan fingerprint density at radius 3 is 2.89 bits per heavy atom. The van der Waals surface area contributed by atoms with Gasteiger partial charge in [-0.05, 0) is 24.6 Å². The highest BCUT2D eigenvalue weighted by molar-refractivity contribution is 7.99. The summed E-state index contributed by atoms with van der Waals surface area (Å²) >= 11 is 1.96. The normalized spacial score (nSPS) is 22.1. The summed E-state index contributed by atoms with van der Waals surface area (Å²) in [7, 11) is 0. The van der Waals surface area contributed by atoms with E-state index in [1.807, 2.05) is 11.8 Å². The maximum absolute atomic E-state index is 3.51.